The maximum absolute atomic E-state index is 12.0. The molecule has 0 aromatic carbocycles. The van der Waals surface area contributed by atoms with Crippen LogP contribution >= 0.6 is 0 Å². The van der Waals surface area contributed by atoms with Crippen LogP contribution < -0.4 is 10.2 Å². The molecule has 0 aliphatic heterocycles. The van der Waals surface area contributed by atoms with Crippen molar-refractivity contribution in [3.63, 3.8) is 0 Å². The van der Waals surface area contributed by atoms with Crippen molar-refractivity contribution in [2.75, 3.05) is 18.9 Å². The number of carbonyl (C=O) groups excluding carboxylic acids is 1. The molecule has 7 nitrogen and oxygen atoms in total. The number of pyridine rings is 1. The van der Waals surface area contributed by atoms with Gasteiger partial charge in [-0.1, -0.05) is 49.5 Å². The van der Waals surface area contributed by atoms with E-state index >= 15 is 0 Å². The van der Waals surface area contributed by atoms with Crippen LogP contribution in [0.15, 0.2) is 30.6 Å². The van der Waals surface area contributed by atoms with E-state index in [0.717, 1.165) is 44.1 Å². The van der Waals surface area contributed by atoms with Gasteiger partial charge in [-0.25, -0.2) is 8.42 Å². The largest absolute Gasteiger partial charge is 0.353 e. The normalized spacial score (nSPS) is 15.5. The number of nitrogens with zero attached hydrogens (tertiary/aromatic N) is 1. The van der Waals surface area contributed by atoms with Crippen LogP contribution in [0.3, 0.4) is 0 Å². The number of aromatic nitrogens is 1. The van der Waals surface area contributed by atoms with Gasteiger partial charge >= 0.3 is 0 Å². The van der Waals surface area contributed by atoms with Gasteiger partial charge in [-0.3, -0.25) is 14.6 Å². The second-order valence-electron chi connectivity index (χ2n) is 7.90. The molecule has 0 atom stereocenters. The molecule has 0 unspecified atom stereocenters. The molecular formula is C22H35N3O4S. The maximum Gasteiger partial charge on any atom is 0.243 e. The molecule has 168 valence electrons. The van der Waals surface area contributed by atoms with Gasteiger partial charge in [0.2, 0.25) is 15.9 Å². The zero-order valence-corrected chi connectivity index (χ0v) is 18.5. The Morgan fingerprint density at radius 2 is 1.90 bits per heavy atom. The molecule has 1 heterocycles. The van der Waals surface area contributed by atoms with Crippen LogP contribution in [0.1, 0.15) is 69.8 Å². The average molecular weight is 438 g/mol. The van der Waals surface area contributed by atoms with Crippen LogP contribution in [0.4, 0.5) is 0 Å². The molecule has 0 spiro atoms. The lowest BCUT2D eigenvalue weighted by Crippen LogP contribution is -2.29. The summed E-state index contributed by atoms with van der Waals surface area (Å²) >= 11 is 0. The molecule has 0 saturated heterocycles. The van der Waals surface area contributed by atoms with Gasteiger partial charge in [-0.05, 0) is 49.3 Å². The molecule has 1 aromatic heterocycles. The molecule has 1 saturated carbocycles. The fraction of sp³-hybridized carbons (Fsp3) is 0.636. The van der Waals surface area contributed by atoms with E-state index in [9.17, 15) is 13.2 Å². The summed E-state index contributed by atoms with van der Waals surface area (Å²) in [5.41, 5.74) is 0.886. The van der Waals surface area contributed by atoms with E-state index in [-0.39, 0.29) is 11.7 Å². The molecule has 1 aliphatic rings. The van der Waals surface area contributed by atoms with Crippen LogP contribution in [0.5, 0.6) is 0 Å². The molecule has 8 heteroatoms. The quantitative estimate of drug-likeness (QED) is 0.263. The van der Waals surface area contributed by atoms with Gasteiger partial charge in [0.05, 0.1) is 12.4 Å². The van der Waals surface area contributed by atoms with E-state index < -0.39 is 10.0 Å². The molecule has 1 fully saturated rings. The predicted octanol–water partition coefficient (Wildman–Crippen LogP) is 3.59. The number of hydrogen-bond donors (Lipinski definition) is 2. The van der Waals surface area contributed by atoms with Crippen molar-refractivity contribution in [1.82, 2.24) is 15.2 Å². The van der Waals surface area contributed by atoms with Crippen molar-refractivity contribution in [3.8, 4) is 0 Å². The predicted molar refractivity (Wildman–Crippen MR) is 119 cm³/mol. The molecule has 1 amide bonds. The standard InChI is InChI=1S/C22H35N3O4S/c26-22(14-13-20-12-9-15-23-18-20)24-16-7-2-1-3-8-17-30(27,28)25-29-19-21-10-5-4-6-11-21/h9,12-15,18,21,25H,1-8,10-11,16-17,19H2,(H,24,26). The van der Waals surface area contributed by atoms with E-state index in [2.05, 4.69) is 15.2 Å². The first-order chi connectivity index (χ1) is 14.6. The third kappa shape index (κ3) is 11.4. The number of hydrogen-bond acceptors (Lipinski definition) is 5. The Morgan fingerprint density at radius 1 is 1.13 bits per heavy atom. The molecule has 0 radical (unpaired) electrons. The first-order valence-electron chi connectivity index (χ1n) is 11.0. The first kappa shape index (κ1) is 24.5. The molecule has 30 heavy (non-hydrogen) atoms. The van der Waals surface area contributed by atoms with Crippen LogP contribution in [0, 0.1) is 5.92 Å². The molecule has 1 aromatic rings. The maximum atomic E-state index is 12.0. The summed E-state index contributed by atoms with van der Waals surface area (Å²) < 4.78 is 23.9. The zero-order valence-electron chi connectivity index (χ0n) is 17.7. The topological polar surface area (TPSA) is 97.4 Å². The Kier molecular flexibility index (Phi) is 11.7. The lowest BCUT2D eigenvalue weighted by Gasteiger charge is -2.20. The summed E-state index contributed by atoms with van der Waals surface area (Å²) in [6, 6.07) is 3.71. The second kappa shape index (κ2) is 14.3. The highest BCUT2D eigenvalue weighted by molar-refractivity contribution is 7.89. The number of amides is 1. The minimum atomic E-state index is -3.36. The lowest BCUT2D eigenvalue weighted by atomic mass is 9.90. The van der Waals surface area contributed by atoms with Crippen molar-refractivity contribution < 1.29 is 18.0 Å². The Bertz CT molecular complexity index is 732. The summed E-state index contributed by atoms with van der Waals surface area (Å²) in [6.07, 6.45) is 16.8. The van der Waals surface area contributed by atoms with Crippen LogP contribution in [0.2, 0.25) is 0 Å². The SMILES string of the molecule is O=C(C=Cc1cccnc1)NCCCCCCCS(=O)(=O)NOCC1CCCCC1. The van der Waals surface area contributed by atoms with Gasteiger partial charge < -0.3 is 5.32 Å². The monoisotopic (exact) mass is 437 g/mol. The molecule has 1 aliphatic carbocycles. The highest BCUT2D eigenvalue weighted by Crippen LogP contribution is 2.23. The van der Waals surface area contributed by atoms with E-state index in [1.54, 1.807) is 18.5 Å². The van der Waals surface area contributed by atoms with Crippen molar-refractivity contribution >= 4 is 22.0 Å². The Labute approximate surface area is 180 Å². The van der Waals surface area contributed by atoms with Crippen LogP contribution in [-0.2, 0) is 19.7 Å². The molecule has 2 N–H and O–H groups in total. The first-order valence-corrected chi connectivity index (χ1v) is 12.7. The van der Waals surface area contributed by atoms with Gasteiger partial charge in [0.1, 0.15) is 0 Å². The number of carbonyl (C=O) groups is 1. The van der Waals surface area contributed by atoms with E-state index in [0.29, 0.717) is 25.5 Å². The van der Waals surface area contributed by atoms with E-state index in [4.69, 9.17) is 4.84 Å². The summed E-state index contributed by atoms with van der Waals surface area (Å²) in [4.78, 5) is 23.2. The van der Waals surface area contributed by atoms with Gasteiger partial charge in [0.15, 0.2) is 0 Å². The zero-order chi connectivity index (χ0) is 21.5. The van der Waals surface area contributed by atoms with E-state index in [1.165, 1.54) is 25.3 Å². The Hall–Kier alpha value is -1.77. The van der Waals surface area contributed by atoms with E-state index in [1.807, 2.05) is 12.1 Å². The van der Waals surface area contributed by atoms with Gasteiger partial charge in [0.25, 0.3) is 0 Å². The van der Waals surface area contributed by atoms with Gasteiger partial charge in [-0.15, -0.1) is 0 Å². The Morgan fingerprint density at radius 3 is 2.67 bits per heavy atom. The highest BCUT2D eigenvalue weighted by atomic mass is 32.2. The van der Waals surface area contributed by atoms with Gasteiger partial charge in [0, 0.05) is 25.0 Å². The second-order valence-corrected chi connectivity index (χ2v) is 9.70. The number of unbranched alkanes of at least 4 members (excludes halogenated alkanes) is 4. The third-order valence-corrected chi connectivity index (χ3v) is 6.43. The average Bonchev–Trinajstić information content (AvgIpc) is 2.75. The van der Waals surface area contributed by atoms with Crippen molar-refractivity contribution in [1.29, 1.82) is 0 Å². The van der Waals surface area contributed by atoms with Gasteiger partial charge in [-0.2, -0.15) is 0 Å². The molecular weight excluding hydrogens is 402 g/mol. The summed E-state index contributed by atoms with van der Waals surface area (Å²) in [5.74, 6) is 0.449. The third-order valence-electron chi connectivity index (χ3n) is 5.23. The molecule has 2 rings (SSSR count). The summed E-state index contributed by atoms with van der Waals surface area (Å²) in [7, 11) is -3.36. The van der Waals surface area contributed by atoms with Crippen molar-refractivity contribution in [3.05, 3.63) is 36.2 Å². The Balaban J connectivity index is 1.43. The van der Waals surface area contributed by atoms with Crippen LogP contribution in [-0.4, -0.2) is 38.2 Å². The highest BCUT2D eigenvalue weighted by Gasteiger charge is 2.15. The number of nitrogens with one attached hydrogen (secondary N) is 2. The smallest absolute Gasteiger partial charge is 0.243 e. The van der Waals surface area contributed by atoms with Crippen LogP contribution in [0.25, 0.3) is 6.08 Å². The fourth-order valence-corrected chi connectivity index (χ4v) is 4.42. The molecule has 0 bridgehead atoms. The minimum Gasteiger partial charge on any atom is -0.353 e. The van der Waals surface area contributed by atoms with Crippen molar-refractivity contribution in [2.45, 2.75) is 64.2 Å². The fourth-order valence-electron chi connectivity index (χ4n) is 3.50. The minimum absolute atomic E-state index is 0.0908. The number of sulfonamides is 1. The summed E-state index contributed by atoms with van der Waals surface area (Å²) in [5, 5.41) is 2.85. The van der Waals surface area contributed by atoms with Crippen molar-refractivity contribution in [2.24, 2.45) is 5.92 Å². The number of rotatable bonds is 14. The summed E-state index contributed by atoms with van der Waals surface area (Å²) in [6.45, 7) is 1.09. The lowest BCUT2D eigenvalue weighted by molar-refractivity contribution is -0.116.